The van der Waals surface area contributed by atoms with Gasteiger partial charge in [-0.25, -0.2) is 12.7 Å². The fraction of sp³-hybridized carbons (Fsp3) is 0.500. The Bertz CT molecular complexity index is 612. The van der Waals surface area contributed by atoms with E-state index in [0.717, 1.165) is 4.31 Å². The monoisotopic (exact) mass is 313 g/mol. The minimum atomic E-state index is -3.53. The molecule has 0 aliphatic heterocycles. The van der Waals surface area contributed by atoms with E-state index in [4.69, 9.17) is 5.73 Å². The van der Waals surface area contributed by atoms with Gasteiger partial charge in [0.2, 0.25) is 15.9 Å². The molecule has 0 spiro atoms. The first kappa shape index (κ1) is 17.6. The summed E-state index contributed by atoms with van der Waals surface area (Å²) in [4.78, 5) is 12.0. The summed E-state index contributed by atoms with van der Waals surface area (Å²) in [7, 11) is -0.581. The first-order valence-corrected chi connectivity index (χ1v) is 8.15. The average Bonchev–Trinajstić information content (AvgIpc) is 2.40. The van der Waals surface area contributed by atoms with Gasteiger partial charge in [0.25, 0.3) is 0 Å². The molecular weight excluding hydrogens is 290 g/mol. The van der Waals surface area contributed by atoms with E-state index in [1.807, 2.05) is 6.92 Å². The third-order valence-corrected chi connectivity index (χ3v) is 5.12. The van der Waals surface area contributed by atoms with Gasteiger partial charge < -0.3 is 11.1 Å². The van der Waals surface area contributed by atoms with E-state index in [2.05, 4.69) is 5.32 Å². The molecule has 1 rings (SSSR count). The summed E-state index contributed by atoms with van der Waals surface area (Å²) >= 11 is 0. The highest BCUT2D eigenvalue weighted by atomic mass is 32.2. The molecule has 6 nitrogen and oxygen atoms in total. The number of benzene rings is 1. The summed E-state index contributed by atoms with van der Waals surface area (Å²) in [6.07, 6.45) is 0.306. The van der Waals surface area contributed by atoms with Gasteiger partial charge in [0.15, 0.2) is 0 Å². The predicted molar refractivity (Wildman–Crippen MR) is 83.5 cm³/mol. The number of nitrogens with two attached hydrogens (primary N) is 1. The number of anilines is 1. The van der Waals surface area contributed by atoms with Gasteiger partial charge in [0.05, 0.1) is 4.90 Å². The minimum Gasteiger partial charge on any atom is -0.330 e. The summed E-state index contributed by atoms with van der Waals surface area (Å²) in [5.41, 5.74) is 6.59. The number of hydrogen-bond acceptors (Lipinski definition) is 4. The lowest BCUT2D eigenvalue weighted by Gasteiger charge is -2.15. The molecule has 0 saturated carbocycles. The third kappa shape index (κ3) is 4.52. The zero-order valence-corrected chi connectivity index (χ0v) is 13.7. The van der Waals surface area contributed by atoms with Gasteiger partial charge in [0.1, 0.15) is 0 Å². The summed E-state index contributed by atoms with van der Waals surface area (Å²) in [6, 6.07) is 4.85. The number of nitrogens with zero attached hydrogens (tertiary/aromatic N) is 1. The zero-order valence-electron chi connectivity index (χ0n) is 12.9. The van der Waals surface area contributed by atoms with Crippen LogP contribution in [-0.2, 0) is 14.8 Å². The SMILES string of the molecule is Cc1ccc(NC(=O)CC(C)CN)cc1S(=O)(=O)N(C)C. The molecular formula is C14H23N3O3S. The van der Waals surface area contributed by atoms with Crippen molar-refractivity contribution in [1.82, 2.24) is 4.31 Å². The maximum Gasteiger partial charge on any atom is 0.242 e. The highest BCUT2D eigenvalue weighted by Gasteiger charge is 2.20. The summed E-state index contributed by atoms with van der Waals surface area (Å²) in [5.74, 6) is -0.0922. The van der Waals surface area contributed by atoms with Gasteiger partial charge >= 0.3 is 0 Å². The van der Waals surface area contributed by atoms with Crippen LogP contribution in [0, 0.1) is 12.8 Å². The molecule has 0 saturated heterocycles. The number of sulfonamides is 1. The van der Waals surface area contributed by atoms with Crippen molar-refractivity contribution < 1.29 is 13.2 Å². The maximum absolute atomic E-state index is 12.2. The van der Waals surface area contributed by atoms with Crippen LogP contribution in [0.1, 0.15) is 18.9 Å². The molecule has 0 aliphatic carbocycles. The van der Waals surface area contributed by atoms with E-state index < -0.39 is 10.0 Å². The maximum atomic E-state index is 12.2. The molecule has 1 aromatic carbocycles. The third-order valence-electron chi connectivity index (χ3n) is 3.17. The van der Waals surface area contributed by atoms with Crippen LogP contribution in [0.15, 0.2) is 23.1 Å². The van der Waals surface area contributed by atoms with Crippen LogP contribution in [0.4, 0.5) is 5.69 Å². The van der Waals surface area contributed by atoms with Crippen molar-refractivity contribution in [3.8, 4) is 0 Å². The topological polar surface area (TPSA) is 92.5 Å². The van der Waals surface area contributed by atoms with E-state index >= 15 is 0 Å². The number of hydrogen-bond donors (Lipinski definition) is 2. The number of rotatable bonds is 6. The largest absolute Gasteiger partial charge is 0.330 e. The predicted octanol–water partition coefficient (Wildman–Crippen LogP) is 1.17. The van der Waals surface area contributed by atoms with Crippen molar-refractivity contribution in [3.05, 3.63) is 23.8 Å². The van der Waals surface area contributed by atoms with Crippen LogP contribution in [0.5, 0.6) is 0 Å². The molecule has 0 bridgehead atoms. The van der Waals surface area contributed by atoms with E-state index in [1.165, 1.54) is 20.2 Å². The van der Waals surface area contributed by atoms with Crippen LogP contribution < -0.4 is 11.1 Å². The van der Waals surface area contributed by atoms with Gasteiger partial charge in [-0.15, -0.1) is 0 Å². The smallest absolute Gasteiger partial charge is 0.242 e. The molecule has 1 unspecified atom stereocenters. The highest BCUT2D eigenvalue weighted by molar-refractivity contribution is 7.89. The fourth-order valence-corrected chi connectivity index (χ4v) is 2.91. The molecule has 7 heteroatoms. The Hall–Kier alpha value is -1.44. The molecule has 0 radical (unpaired) electrons. The summed E-state index contributed by atoms with van der Waals surface area (Å²) in [5, 5.41) is 2.71. The Morgan fingerprint density at radius 3 is 2.52 bits per heavy atom. The normalized spacial score (nSPS) is 13.2. The Morgan fingerprint density at radius 1 is 1.38 bits per heavy atom. The molecule has 0 aromatic heterocycles. The van der Waals surface area contributed by atoms with Gasteiger partial charge in [-0.1, -0.05) is 13.0 Å². The van der Waals surface area contributed by atoms with Crippen LogP contribution in [0.3, 0.4) is 0 Å². The molecule has 1 amide bonds. The number of aryl methyl sites for hydroxylation is 1. The summed E-state index contributed by atoms with van der Waals surface area (Å²) < 4.78 is 25.6. The van der Waals surface area contributed by atoms with Crippen molar-refractivity contribution >= 4 is 21.6 Å². The fourth-order valence-electron chi connectivity index (χ4n) is 1.76. The highest BCUT2D eigenvalue weighted by Crippen LogP contribution is 2.22. The first-order chi connectivity index (χ1) is 9.68. The van der Waals surface area contributed by atoms with E-state index in [1.54, 1.807) is 19.1 Å². The first-order valence-electron chi connectivity index (χ1n) is 6.71. The van der Waals surface area contributed by atoms with Gasteiger partial charge in [0, 0.05) is 26.2 Å². The molecule has 0 heterocycles. The second-order valence-corrected chi connectivity index (χ2v) is 7.48. The van der Waals surface area contributed by atoms with Crippen LogP contribution in [-0.4, -0.2) is 39.3 Å². The lowest BCUT2D eigenvalue weighted by Crippen LogP contribution is -2.23. The average molecular weight is 313 g/mol. The minimum absolute atomic E-state index is 0.0837. The molecule has 1 atom stereocenters. The molecule has 3 N–H and O–H groups in total. The second-order valence-electron chi connectivity index (χ2n) is 5.36. The number of nitrogens with one attached hydrogen (secondary N) is 1. The van der Waals surface area contributed by atoms with Crippen molar-refractivity contribution in [2.24, 2.45) is 11.7 Å². The Balaban J connectivity index is 3.01. The van der Waals surface area contributed by atoms with Crippen molar-refractivity contribution in [2.75, 3.05) is 26.0 Å². The van der Waals surface area contributed by atoms with Crippen molar-refractivity contribution in [3.63, 3.8) is 0 Å². The van der Waals surface area contributed by atoms with Crippen LogP contribution in [0.2, 0.25) is 0 Å². The van der Waals surface area contributed by atoms with E-state index in [-0.39, 0.29) is 16.7 Å². The number of carbonyl (C=O) groups excluding carboxylic acids is 1. The standard InChI is InChI=1S/C14H23N3O3S/c1-10(9-15)7-14(18)16-12-6-5-11(2)13(8-12)21(19,20)17(3)4/h5-6,8,10H,7,9,15H2,1-4H3,(H,16,18). The lowest BCUT2D eigenvalue weighted by atomic mass is 10.1. The van der Waals surface area contributed by atoms with Gasteiger partial charge in [-0.3, -0.25) is 4.79 Å². The second kappa shape index (κ2) is 7.02. The Kier molecular flexibility index (Phi) is 5.88. The number of amides is 1. The molecule has 0 aliphatic rings. The van der Waals surface area contributed by atoms with E-state index in [0.29, 0.717) is 24.2 Å². The molecule has 21 heavy (non-hydrogen) atoms. The number of carbonyl (C=O) groups is 1. The Morgan fingerprint density at radius 2 is 2.00 bits per heavy atom. The van der Waals surface area contributed by atoms with Crippen molar-refractivity contribution in [1.29, 1.82) is 0 Å². The molecule has 118 valence electrons. The lowest BCUT2D eigenvalue weighted by molar-refractivity contribution is -0.116. The van der Waals surface area contributed by atoms with Crippen molar-refractivity contribution in [2.45, 2.75) is 25.2 Å². The van der Waals surface area contributed by atoms with Crippen LogP contribution >= 0.6 is 0 Å². The quantitative estimate of drug-likeness (QED) is 0.824. The zero-order chi connectivity index (χ0) is 16.2. The van der Waals surface area contributed by atoms with Gasteiger partial charge in [-0.2, -0.15) is 0 Å². The van der Waals surface area contributed by atoms with E-state index in [9.17, 15) is 13.2 Å². The summed E-state index contributed by atoms with van der Waals surface area (Å²) in [6.45, 7) is 4.04. The van der Waals surface area contributed by atoms with Crippen LogP contribution in [0.25, 0.3) is 0 Å². The van der Waals surface area contributed by atoms with Gasteiger partial charge in [-0.05, 0) is 37.1 Å². The Labute approximate surface area is 126 Å². The molecule has 1 aromatic rings. The molecule has 0 fully saturated rings.